The van der Waals surface area contributed by atoms with Gasteiger partial charge in [0.2, 0.25) is 6.10 Å². The van der Waals surface area contributed by atoms with Crippen LogP contribution in [0.3, 0.4) is 0 Å². The summed E-state index contributed by atoms with van der Waals surface area (Å²) < 4.78 is 4.63. The van der Waals surface area contributed by atoms with Gasteiger partial charge in [0.15, 0.2) is 0 Å². The molecule has 0 aromatic rings. The molecule has 102 valence electrons. The molecule has 0 radical (unpaired) electrons. The van der Waals surface area contributed by atoms with Crippen molar-refractivity contribution in [2.45, 2.75) is 25.9 Å². The highest BCUT2D eigenvalue weighted by molar-refractivity contribution is 7.99. The van der Waals surface area contributed by atoms with E-state index in [0.717, 1.165) is 18.6 Å². The van der Waals surface area contributed by atoms with E-state index < -0.39 is 24.0 Å². The fraction of sp³-hybridized carbons (Fsp3) is 0.545. The number of carboxylic acids is 2. The quantitative estimate of drug-likeness (QED) is 0.370. The third-order valence-electron chi connectivity index (χ3n) is 1.81. The molecule has 0 aromatic heterocycles. The van der Waals surface area contributed by atoms with Crippen molar-refractivity contribution in [3.63, 3.8) is 0 Å². The molecule has 0 amide bonds. The van der Waals surface area contributed by atoms with Crippen molar-refractivity contribution in [2.75, 3.05) is 11.5 Å². The van der Waals surface area contributed by atoms with E-state index in [9.17, 15) is 14.4 Å². The molecule has 0 saturated carbocycles. The molecule has 0 aliphatic carbocycles. The van der Waals surface area contributed by atoms with Crippen molar-refractivity contribution < 1.29 is 29.3 Å². The van der Waals surface area contributed by atoms with Gasteiger partial charge in [-0.2, -0.15) is 11.8 Å². The first-order valence-corrected chi connectivity index (χ1v) is 6.55. The van der Waals surface area contributed by atoms with E-state index in [-0.39, 0.29) is 5.75 Å². The van der Waals surface area contributed by atoms with Crippen LogP contribution >= 0.6 is 11.8 Å². The molecule has 1 atom stereocenters. The zero-order chi connectivity index (χ0) is 14.0. The lowest BCUT2D eigenvalue weighted by Gasteiger charge is -2.11. The van der Waals surface area contributed by atoms with Gasteiger partial charge in [0.1, 0.15) is 0 Å². The van der Waals surface area contributed by atoms with Gasteiger partial charge in [0.05, 0.1) is 0 Å². The van der Waals surface area contributed by atoms with Gasteiger partial charge in [-0.25, -0.2) is 14.4 Å². The van der Waals surface area contributed by atoms with Crippen LogP contribution in [-0.4, -0.2) is 45.7 Å². The average Bonchev–Trinajstić information content (AvgIpc) is 2.30. The molecular formula is C11H16O6S. The summed E-state index contributed by atoms with van der Waals surface area (Å²) >= 11 is 1.38. The van der Waals surface area contributed by atoms with Gasteiger partial charge in [0.25, 0.3) is 0 Å². The van der Waals surface area contributed by atoms with Crippen molar-refractivity contribution in [3.8, 4) is 0 Å². The van der Waals surface area contributed by atoms with E-state index in [0.29, 0.717) is 12.2 Å². The molecule has 2 N–H and O–H groups in total. The standard InChI is InChI=1S/C11H16O6S/c1-2-3-6-18-7-8(11(15)16)17-10(14)5-4-9(12)13/h4-5,8H,2-3,6-7H2,1H3,(H,12,13)(H,15,16)/b5-4+. The molecule has 1 unspecified atom stereocenters. The smallest absolute Gasteiger partial charge is 0.345 e. The maximum Gasteiger partial charge on any atom is 0.345 e. The lowest BCUT2D eigenvalue weighted by molar-refractivity contribution is -0.158. The van der Waals surface area contributed by atoms with E-state index in [1.807, 2.05) is 6.92 Å². The maximum absolute atomic E-state index is 11.1. The molecule has 0 aromatic carbocycles. The number of unbranched alkanes of at least 4 members (excludes halogenated alkanes) is 1. The number of hydrogen-bond acceptors (Lipinski definition) is 5. The first kappa shape index (κ1) is 16.5. The molecule has 0 fully saturated rings. The number of ether oxygens (including phenoxy) is 1. The first-order chi connectivity index (χ1) is 8.47. The monoisotopic (exact) mass is 276 g/mol. The highest BCUT2D eigenvalue weighted by atomic mass is 32.2. The summed E-state index contributed by atoms with van der Waals surface area (Å²) in [6.07, 6.45) is 2.01. The Morgan fingerprint density at radius 3 is 2.44 bits per heavy atom. The minimum atomic E-state index is -1.30. The van der Waals surface area contributed by atoms with Crippen LogP contribution in [0, 0.1) is 0 Å². The summed E-state index contributed by atoms with van der Waals surface area (Å²) in [7, 11) is 0. The summed E-state index contributed by atoms with van der Waals surface area (Å²) in [5.74, 6) is -2.56. The zero-order valence-electron chi connectivity index (χ0n) is 10.00. The molecule has 0 spiro atoms. The molecule has 18 heavy (non-hydrogen) atoms. The number of esters is 1. The van der Waals surface area contributed by atoms with Crippen molar-refractivity contribution in [1.82, 2.24) is 0 Å². The van der Waals surface area contributed by atoms with Crippen LogP contribution in [0.2, 0.25) is 0 Å². The Balaban J connectivity index is 4.15. The number of carboxylic acid groups (broad SMARTS) is 2. The summed E-state index contributed by atoms with van der Waals surface area (Å²) in [6, 6.07) is 0. The third kappa shape index (κ3) is 8.63. The summed E-state index contributed by atoms with van der Waals surface area (Å²) in [5.41, 5.74) is 0. The van der Waals surface area contributed by atoms with Crippen molar-refractivity contribution in [3.05, 3.63) is 12.2 Å². The van der Waals surface area contributed by atoms with Gasteiger partial charge in [0, 0.05) is 17.9 Å². The molecule has 0 saturated heterocycles. The predicted octanol–water partition coefficient (Wildman–Crippen LogP) is 1.16. The van der Waals surface area contributed by atoms with Crippen LogP contribution < -0.4 is 0 Å². The minimum Gasteiger partial charge on any atom is -0.478 e. The van der Waals surface area contributed by atoms with E-state index in [2.05, 4.69) is 4.74 Å². The number of aliphatic carboxylic acids is 2. The Kier molecular flexibility index (Phi) is 8.73. The number of thioether (sulfide) groups is 1. The Labute approximate surface area is 109 Å². The topological polar surface area (TPSA) is 101 Å². The highest BCUT2D eigenvalue weighted by Crippen LogP contribution is 2.09. The number of rotatable bonds is 9. The van der Waals surface area contributed by atoms with Crippen LogP contribution in [0.1, 0.15) is 19.8 Å². The molecule has 0 bridgehead atoms. The Morgan fingerprint density at radius 1 is 1.28 bits per heavy atom. The SMILES string of the molecule is CCCCSCC(OC(=O)/C=C/C(=O)O)C(=O)O. The number of carbonyl (C=O) groups excluding carboxylic acids is 1. The second kappa shape index (κ2) is 9.52. The zero-order valence-corrected chi connectivity index (χ0v) is 10.8. The van der Waals surface area contributed by atoms with Gasteiger partial charge in [-0.1, -0.05) is 13.3 Å². The van der Waals surface area contributed by atoms with E-state index >= 15 is 0 Å². The van der Waals surface area contributed by atoms with Crippen LogP contribution in [-0.2, 0) is 19.1 Å². The Hall–Kier alpha value is -1.50. The van der Waals surface area contributed by atoms with E-state index in [4.69, 9.17) is 10.2 Å². The van der Waals surface area contributed by atoms with Gasteiger partial charge >= 0.3 is 17.9 Å². The second-order valence-corrected chi connectivity index (χ2v) is 4.51. The van der Waals surface area contributed by atoms with Crippen LogP contribution in [0.5, 0.6) is 0 Å². The second-order valence-electron chi connectivity index (χ2n) is 3.36. The fourth-order valence-corrected chi connectivity index (χ4v) is 2.00. The molecule has 0 aliphatic heterocycles. The number of hydrogen-bond donors (Lipinski definition) is 2. The van der Waals surface area contributed by atoms with Crippen molar-refractivity contribution in [2.24, 2.45) is 0 Å². The summed E-state index contributed by atoms with van der Waals surface area (Å²) in [4.78, 5) is 32.1. The third-order valence-corrected chi connectivity index (χ3v) is 2.92. The summed E-state index contributed by atoms with van der Waals surface area (Å²) in [5, 5.41) is 17.1. The normalized spacial score (nSPS) is 12.3. The maximum atomic E-state index is 11.1. The minimum absolute atomic E-state index is 0.155. The van der Waals surface area contributed by atoms with E-state index in [1.165, 1.54) is 11.8 Å². The molecule has 6 nitrogen and oxygen atoms in total. The van der Waals surface area contributed by atoms with E-state index in [1.54, 1.807) is 0 Å². The largest absolute Gasteiger partial charge is 0.478 e. The average molecular weight is 276 g/mol. The van der Waals surface area contributed by atoms with Crippen LogP contribution in [0.15, 0.2) is 12.2 Å². The number of carbonyl (C=O) groups is 3. The predicted molar refractivity (Wildman–Crippen MR) is 66.5 cm³/mol. The van der Waals surface area contributed by atoms with Crippen molar-refractivity contribution >= 4 is 29.7 Å². The molecule has 0 rings (SSSR count). The van der Waals surface area contributed by atoms with Crippen LogP contribution in [0.25, 0.3) is 0 Å². The van der Waals surface area contributed by atoms with Crippen LogP contribution in [0.4, 0.5) is 0 Å². The van der Waals surface area contributed by atoms with Gasteiger partial charge in [-0.05, 0) is 12.2 Å². The van der Waals surface area contributed by atoms with Gasteiger partial charge in [-0.3, -0.25) is 0 Å². The van der Waals surface area contributed by atoms with Gasteiger partial charge in [-0.15, -0.1) is 0 Å². The molecular weight excluding hydrogens is 260 g/mol. The molecule has 0 aliphatic rings. The Morgan fingerprint density at radius 2 is 1.94 bits per heavy atom. The fourth-order valence-electron chi connectivity index (χ4n) is 0.911. The Bertz CT molecular complexity index is 325. The van der Waals surface area contributed by atoms with Gasteiger partial charge < -0.3 is 14.9 Å². The lowest BCUT2D eigenvalue weighted by Crippen LogP contribution is -2.29. The molecule has 7 heteroatoms. The highest BCUT2D eigenvalue weighted by Gasteiger charge is 2.21. The van der Waals surface area contributed by atoms with Crippen molar-refractivity contribution in [1.29, 1.82) is 0 Å². The molecule has 0 heterocycles. The summed E-state index contributed by atoms with van der Waals surface area (Å²) in [6.45, 7) is 2.02. The first-order valence-electron chi connectivity index (χ1n) is 5.39. The lowest BCUT2D eigenvalue weighted by atomic mass is 10.4.